The maximum atomic E-state index is 13.7. The Balaban J connectivity index is 2.01. The number of benzene rings is 1. The number of rotatable bonds is 3. The Hall–Kier alpha value is -3.27. The molecule has 0 radical (unpaired) electrons. The van der Waals surface area contributed by atoms with Gasteiger partial charge >= 0.3 is 0 Å². The molecule has 1 aliphatic rings. The Bertz CT molecular complexity index is 1030. The highest BCUT2D eigenvalue weighted by atomic mass is 19.1. The maximum Gasteiger partial charge on any atom is 0.251 e. The van der Waals surface area contributed by atoms with E-state index in [4.69, 9.17) is 5.73 Å². The third-order valence-corrected chi connectivity index (χ3v) is 4.66. The van der Waals surface area contributed by atoms with Gasteiger partial charge in [-0.15, -0.1) is 0 Å². The van der Waals surface area contributed by atoms with Crippen molar-refractivity contribution >= 4 is 16.8 Å². The van der Waals surface area contributed by atoms with Crippen molar-refractivity contribution in [2.45, 2.75) is 25.3 Å². The van der Waals surface area contributed by atoms with Crippen molar-refractivity contribution in [2.75, 3.05) is 0 Å². The van der Waals surface area contributed by atoms with Crippen molar-refractivity contribution in [3.63, 3.8) is 0 Å². The molecule has 2 aromatic heterocycles. The molecule has 0 unspecified atom stereocenters. The molecule has 1 aromatic carbocycles. The minimum atomic E-state index is -0.617. The smallest absolute Gasteiger partial charge is 0.251 e. The van der Waals surface area contributed by atoms with Gasteiger partial charge in [-0.3, -0.25) is 4.79 Å². The van der Waals surface area contributed by atoms with Crippen LogP contribution in [-0.4, -0.2) is 20.4 Å². The number of amides is 1. The molecule has 4 rings (SSSR count). The Kier molecular flexibility index (Phi) is 3.46. The van der Waals surface area contributed by atoms with Crippen LogP contribution < -0.4 is 5.73 Å². The second kappa shape index (κ2) is 5.67. The second-order valence-corrected chi connectivity index (χ2v) is 6.11. The molecule has 0 aliphatic heterocycles. The molecule has 7 heteroatoms. The Morgan fingerprint density at radius 1 is 1.32 bits per heavy atom. The van der Waals surface area contributed by atoms with Gasteiger partial charge < -0.3 is 10.3 Å². The third kappa shape index (κ3) is 2.34. The lowest BCUT2D eigenvalue weighted by atomic mass is 9.92. The van der Waals surface area contributed by atoms with Crippen molar-refractivity contribution in [3.05, 3.63) is 47.5 Å². The monoisotopic (exact) mass is 335 g/mol. The van der Waals surface area contributed by atoms with E-state index in [1.807, 2.05) is 4.57 Å². The largest absolute Gasteiger partial charge is 0.366 e. The third-order valence-electron chi connectivity index (χ3n) is 4.66. The predicted octanol–water partition coefficient (Wildman–Crippen LogP) is 2.93. The van der Waals surface area contributed by atoms with Crippen LogP contribution in [0, 0.1) is 17.1 Å². The SMILES string of the molecule is N#Cc1c(-c2ncc(C(N)=O)cn2)n(C2CCC2)c2ccc(F)cc12. The van der Waals surface area contributed by atoms with Gasteiger partial charge in [-0.1, -0.05) is 0 Å². The average molecular weight is 335 g/mol. The number of carbonyl (C=O) groups excluding carboxylic acids is 1. The molecular formula is C18H14FN5O. The van der Waals surface area contributed by atoms with Crippen LogP contribution in [0.25, 0.3) is 22.4 Å². The molecule has 25 heavy (non-hydrogen) atoms. The van der Waals surface area contributed by atoms with Crippen molar-refractivity contribution in [1.82, 2.24) is 14.5 Å². The van der Waals surface area contributed by atoms with Gasteiger partial charge in [0.1, 0.15) is 17.6 Å². The molecule has 2 N–H and O–H groups in total. The summed E-state index contributed by atoms with van der Waals surface area (Å²) in [5.41, 5.74) is 7.11. The van der Waals surface area contributed by atoms with Gasteiger partial charge in [0.25, 0.3) is 5.91 Å². The van der Waals surface area contributed by atoms with Gasteiger partial charge in [0.05, 0.1) is 16.6 Å². The number of aromatic nitrogens is 3. The standard InChI is InChI=1S/C18H14FN5O/c19-11-4-5-15-13(6-11)14(7-20)16(24(15)12-2-1-3-12)18-22-8-10(9-23-18)17(21)25/h4-6,8-9,12H,1-3H2,(H2,21,25). The van der Waals surface area contributed by atoms with Crippen LogP contribution in [0.5, 0.6) is 0 Å². The lowest BCUT2D eigenvalue weighted by Crippen LogP contribution is -2.18. The Morgan fingerprint density at radius 2 is 2.04 bits per heavy atom. The number of carbonyl (C=O) groups is 1. The van der Waals surface area contributed by atoms with Gasteiger partial charge in [0.15, 0.2) is 5.82 Å². The molecular weight excluding hydrogens is 321 g/mol. The van der Waals surface area contributed by atoms with Crippen LogP contribution in [0.15, 0.2) is 30.6 Å². The normalized spacial score (nSPS) is 14.2. The van der Waals surface area contributed by atoms with E-state index in [2.05, 4.69) is 16.0 Å². The first kappa shape index (κ1) is 15.3. The van der Waals surface area contributed by atoms with Crippen molar-refractivity contribution in [1.29, 1.82) is 5.26 Å². The van der Waals surface area contributed by atoms with Crippen molar-refractivity contribution in [3.8, 4) is 17.6 Å². The lowest BCUT2D eigenvalue weighted by Gasteiger charge is -2.29. The van der Waals surface area contributed by atoms with Crippen molar-refractivity contribution < 1.29 is 9.18 Å². The summed E-state index contributed by atoms with van der Waals surface area (Å²) in [5.74, 6) is -0.690. The number of primary amides is 1. The van der Waals surface area contributed by atoms with E-state index in [9.17, 15) is 14.4 Å². The molecule has 0 saturated heterocycles. The van der Waals surface area contributed by atoms with E-state index in [1.54, 1.807) is 6.07 Å². The number of nitrogens with zero attached hydrogens (tertiary/aromatic N) is 4. The summed E-state index contributed by atoms with van der Waals surface area (Å²) in [6, 6.07) is 6.83. The second-order valence-electron chi connectivity index (χ2n) is 6.11. The zero-order valence-corrected chi connectivity index (χ0v) is 13.2. The van der Waals surface area contributed by atoms with E-state index >= 15 is 0 Å². The Labute approximate surface area is 142 Å². The molecule has 1 amide bonds. The van der Waals surface area contributed by atoms with Gasteiger partial charge in [-0.2, -0.15) is 5.26 Å². The number of hydrogen-bond acceptors (Lipinski definition) is 4. The molecule has 6 nitrogen and oxygen atoms in total. The van der Waals surface area contributed by atoms with E-state index in [0.29, 0.717) is 22.5 Å². The minimum absolute atomic E-state index is 0.194. The fourth-order valence-corrected chi connectivity index (χ4v) is 3.22. The van der Waals surface area contributed by atoms with Gasteiger partial charge in [-0.25, -0.2) is 14.4 Å². The van der Waals surface area contributed by atoms with Crippen molar-refractivity contribution in [2.24, 2.45) is 5.73 Å². The Morgan fingerprint density at radius 3 is 2.60 bits per heavy atom. The van der Waals surface area contributed by atoms with Gasteiger partial charge in [-0.05, 0) is 37.5 Å². The fraction of sp³-hybridized carbons (Fsp3) is 0.222. The van der Waals surface area contributed by atoms with Gasteiger partial charge in [0, 0.05) is 23.8 Å². The lowest BCUT2D eigenvalue weighted by molar-refractivity contribution is 0.0999. The van der Waals surface area contributed by atoms with Crippen LogP contribution in [0.2, 0.25) is 0 Å². The fourth-order valence-electron chi connectivity index (χ4n) is 3.22. The van der Waals surface area contributed by atoms with E-state index in [0.717, 1.165) is 24.8 Å². The number of nitrogens with two attached hydrogens (primary N) is 1. The number of fused-ring (bicyclic) bond motifs is 1. The molecule has 0 bridgehead atoms. The quantitative estimate of drug-likeness (QED) is 0.795. The van der Waals surface area contributed by atoms with Crippen LogP contribution in [-0.2, 0) is 0 Å². The summed E-state index contributed by atoms with van der Waals surface area (Å²) in [6.07, 6.45) is 5.76. The van der Waals surface area contributed by atoms with Crippen LogP contribution in [0.1, 0.15) is 41.2 Å². The molecule has 0 spiro atoms. The molecule has 0 atom stereocenters. The summed E-state index contributed by atoms with van der Waals surface area (Å²) < 4.78 is 15.8. The predicted molar refractivity (Wildman–Crippen MR) is 89.0 cm³/mol. The highest BCUT2D eigenvalue weighted by Gasteiger charge is 2.29. The molecule has 124 valence electrons. The van der Waals surface area contributed by atoms with E-state index in [-0.39, 0.29) is 11.6 Å². The van der Waals surface area contributed by atoms with E-state index < -0.39 is 11.7 Å². The summed E-state index contributed by atoms with van der Waals surface area (Å²) >= 11 is 0. The molecule has 1 aliphatic carbocycles. The maximum absolute atomic E-state index is 13.7. The van der Waals surface area contributed by atoms with Crippen LogP contribution in [0.3, 0.4) is 0 Å². The zero-order chi connectivity index (χ0) is 17.6. The number of nitriles is 1. The van der Waals surface area contributed by atoms with Gasteiger partial charge in [0.2, 0.25) is 0 Å². The summed E-state index contributed by atoms with van der Waals surface area (Å²) in [7, 11) is 0. The highest BCUT2D eigenvalue weighted by molar-refractivity contribution is 5.94. The summed E-state index contributed by atoms with van der Waals surface area (Å²) in [6.45, 7) is 0. The minimum Gasteiger partial charge on any atom is -0.366 e. The number of hydrogen-bond donors (Lipinski definition) is 1. The first-order valence-electron chi connectivity index (χ1n) is 7.96. The first-order valence-corrected chi connectivity index (χ1v) is 7.96. The highest BCUT2D eigenvalue weighted by Crippen LogP contribution is 2.41. The molecule has 1 fully saturated rings. The summed E-state index contributed by atoms with van der Waals surface area (Å²) in [4.78, 5) is 19.7. The molecule has 3 aromatic rings. The summed E-state index contributed by atoms with van der Waals surface area (Å²) in [5, 5.41) is 10.2. The molecule has 2 heterocycles. The topological polar surface area (TPSA) is 97.6 Å². The van der Waals surface area contributed by atoms with E-state index in [1.165, 1.54) is 24.5 Å². The van der Waals surface area contributed by atoms with Crippen LogP contribution >= 0.6 is 0 Å². The zero-order valence-electron chi connectivity index (χ0n) is 13.2. The average Bonchev–Trinajstić information content (AvgIpc) is 2.86. The first-order chi connectivity index (χ1) is 12.1. The number of halogens is 1. The molecule has 1 saturated carbocycles. The van der Waals surface area contributed by atoms with Crippen LogP contribution in [0.4, 0.5) is 4.39 Å².